The van der Waals surface area contributed by atoms with Crippen LogP contribution in [0.5, 0.6) is 0 Å². The van der Waals surface area contributed by atoms with Gasteiger partial charge >= 0.3 is 0 Å². The van der Waals surface area contributed by atoms with Gasteiger partial charge in [-0.2, -0.15) is 0 Å². The number of nitrogens with one attached hydrogen (secondary N) is 1. The molecule has 1 N–H and O–H groups in total. The van der Waals surface area contributed by atoms with Gasteiger partial charge in [-0.15, -0.1) is 0 Å². The van der Waals surface area contributed by atoms with Crippen molar-refractivity contribution in [1.82, 2.24) is 0 Å². The van der Waals surface area contributed by atoms with E-state index in [2.05, 4.69) is 4.99 Å². The van der Waals surface area contributed by atoms with Crippen LogP contribution in [0.1, 0.15) is 12.8 Å². The predicted octanol–water partition coefficient (Wildman–Crippen LogP) is 1.86. The number of alkyl halides is 1. The fraction of sp³-hybridized carbons (Fsp3) is 0.667. The summed E-state index contributed by atoms with van der Waals surface area (Å²) in [6.45, 7) is -0.281. The van der Waals surface area contributed by atoms with Crippen LogP contribution < -0.4 is 0 Å². The van der Waals surface area contributed by atoms with Crippen LogP contribution >= 0.6 is 11.8 Å². The molecule has 1 rings (SSSR count). The van der Waals surface area contributed by atoms with Crippen LogP contribution in [0.4, 0.5) is 4.39 Å². The summed E-state index contributed by atoms with van der Waals surface area (Å²) < 4.78 is 11.6. The second-order valence-corrected chi connectivity index (χ2v) is 3.03. The fourth-order valence-electron chi connectivity index (χ4n) is 0.759. The normalized spacial score (nSPS) is 17.7. The zero-order valence-corrected chi connectivity index (χ0v) is 6.38. The molecule has 1 aliphatic rings. The van der Waals surface area contributed by atoms with Gasteiger partial charge in [-0.3, -0.25) is 9.80 Å². The van der Waals surface area contributed by atoms with E-state index in [4.69, 9.17) is 5.41 Å². The lowest BCUT2D eigenvalue weighted by Gasteiger charge is -1.92. The summed E-state index contributed by atoms with van der Waals surface area (Å²) >= 11 is 1.41. The number of hydrogen-bond donors (Lipinski definition) is 1. The zero-order valence-electron chi connectivity index (χ0n) is 5.56. The molecule has 0 spiro atoms. The topological polar surface area (TPSA) is 36.2 Å². The Hall–Kier alpha value is -0.380. The number of aliphatic imine (C=N–C) groups is 1. The Labute approximate surface area is 63.4 Å². The van der Waals surface area contributed by atoms with Gasteiger partial charge in [0.15, 0.2) is 5.17 Å². The highest BCUT2D eigenvalue weighted by molar-refractivity contribution is 8.14. The van der Waals surface area contributed by atoms with Crippen molar-refractivity contribution in [3.05, 3.63) is 0 Å². The summed E-state index contributed by atoms with van der Waals surface area (Å²) in [5.74, 6) is 0.791. The Kier molecular flexibility index (Phi) is 2.86. The molecule has 10 heavy (non-hydrogen) atoms. The summed E-state index contributed by atoms with van der Waals surface area (Å²) in [6, 6.07) is 0. The van der Waals surface area contributed by atoms with Crippen LogP contribution in [0.3, 0.4) is 0 Å². The quantitative estimate of drug-likeness (QED) is 0.672. The van der Waals surface area contributed by atoms with Gasteiger partial charge < -0.3 is 0 Å². The fourth-order valence-corrected chi connectivity index (χ4v) is 1.46. The first kappa shape index (κ1) is 7.72. The minimum atomic E-state index is -0.281. The minimum absolute atomic E-state index is 0.281. The Bertz CT molecular complexity index is 167. The SMILES string of the molecule is N=C1N=C(CCCF)CS1. The molecule has 1 aliphatic heterocycles. The lowest BCUT2D eigenvalue weighted by molar-refractivity contribution is 0.479. The van der Waals surface area contributed by atoms with E-state index in [1.54, 1.807) is 0 Å². The third kappa shape index (κ3) is 2.10. The first-order valence-electron chi connectivity index (χ1n) is 3.16. The molecule has 0 fully saturated rings. The van der Waals surface area contributed by atoms with Gasteiger partial charge in [0, 0.05) is 11.5 Å². The molecule has 56 valence electrons. The van der Waals surface area contributed by atoms with Crippen molar-refractivity contribution < 1.29 is 4.39 Å². The van der Waals surface area contributed by atoms with Gasteiger partial charge in [-0.05, 0) is 12.8 Å². The summed E-state index contributed by atoms with van der Waals surface area (Å²) in [7, 11) is 0. The van der Waals surface area contributed by atoms with Crippen LogP contribution in [0.25, 0.3) is 0 Å². The molecule has 0 aromatic heterocycles. The largest absolute Gasteiger partial charge is 0.277 e. The average molecular weight is 160 g/mol. The molecule has 1 heterocycles. The first-order chi connectivity index (χ1) is 4.83. The maximum Gasteiger partial charge on any atom is 0.180 e. The zero-order chi connectivity index (χ0) is 7.40. The maximum atomic E-state index is 11.6. The molecule has 0 bridgehead atoms. The molecule has 2 nitrogen and oxygen atoms in total. The van der Waals surface area contributed by atoms with Gasteiger partial charge in [0.1, 0.15) is 0 Å². The maximum absolute atomic E-state index is 11.6. The van der Waals surface area contributed by atoms with Crippen LogP contribution in [0.2, 0.25) is 0 Å². The molecule has 0 aromatic rings. The van der Waals surface area contributed by atoms with Crippen molar-refractivity contribution in [2.24, 2.45) is 4.99 Å². The monoisotopic (exact) mass is 160 g/mol. The number of amidine groups is 1. The third-order valence-electron chi connectivity index (χ3n) is 1.23. The average Bonchev–Trinajstić information content (AvgIpc) is 2.31. The Balaban J connectivity index is 2.28. The van der Waals surface area contributed by atoms with Gasteiger partial charge in [-0.1, -0.05) is 11.8 Å². The summed E-state index contributed by atoms with van der Waals surface area (Å²) in [4.78, 5) is 3.92. The van der Waals surface area contributed by atoms with Crippen LogP contribution in [0, 0.1) is 5.41 Å². The van der Waals surface area contributed by atoms with Gasteiger partial charge in [0.05, 0.1) is 6.67 Å². The minimum Gasteiger partial charge on any atom is -0.277 e. The van der Waals surface area contributed by atoms with Gasteiger partial charge in [-0.25, -0.2) is 4.99 Å². The van der Waals surface area contributed by atoms with Gasteiger partial charge in [0.2, 0.25) is 0 Å². The second-order valence-electron chi connectivity index (χ2n) is 2.06. The highest BCUT2D eigenvalue weighted by Gasteiger charge is 2.10. The van der Waals surface area contributed by atoms with Crippen LogP contribution in [-0.2, 0) is 0 Å². The van der Waals surface area contributed by atoms with E-state index in [0.717, 1.165) is 11.5 Å². The molecule has 0 saturated carbocycles. The number of rotatable bonds is 3. The standard InChI is InChI=1S/C6H9FN2S/c7-3-1-2-5-4-10-6(8)9-5/h8H,1-4H2. The molecular weight excluding hydrogens is 151 g/mol. The molecule has 4 heteroatoms. The lowest BCUT2D eigenvalue weighted by atomic mass is 10.2. The van der Waals surface area contributed by atoms with E-state index < -0.39 is 0 Å². The summed E-state index contributed by atoms with van der Waals surface area (Å²) in [6.07, 6.45) is 1.26. The summed E-state index contributed by atoms with van der Waals surface area (Å²) in [5, 5.41) is 7.47. The van der Waals surface area contributed by atoms with Crippen molar-refractivity contribution in [2.75, 3.05) is 12.4 Å². The smallest absolute Gasteiger partial charge is 0.180 e. The molecule has 0 unspecified atom stereocenters. The highest BCUT2D eigenvalue weighted by Crippen LogP contribution is 2.15. The van der Waals surface area contributed by atoms with E-state index in [9.17, 15) is 4.39 Å². The second kappa shape index (κ2) is 3.71. The molecule has 0 atom stereocenters. The highest BCUT2D eigenvalue weighted by atomic mass is 32.2. The van der Waals surface area contributed by atoms with Crippen molar-refractivity contribution in [1.29, 1.82) is 5.41 Å². The number of nitrogens with zero attached hydrogens (tertiary/aromatic N) is 1. The van der Waals surface area contributed by atoms with E-state index in [0.29, 0.717) is 18.0 Å². The predicted molar refractivity (Wildman–Crippen MR) is 42.8 cm³/mol. The molecule has 0 amide bonds. The van der Waals surface area contributed by atoms with E-state index in [-0.39, 0.29) is 6.67 Å². The van der Waals surface area contributed by atoms with E-state index in [1.165, 1.54) is 11.8 Å². The van der Waals surface area contributed by atoms with Crippen molar-refractivity contribution in [2.45, 2.75) is 12.8 Å². The number of hydrogen-bond acceptors (Lipinski definition) is 2. The van der Waals surface area contributed by atoms with E-state index in [1.807, 2.05) is 0 Å². The molecule has 0 aliphatic carbocycles. The van der Waals surface area contributed by atoms with Crippen LogP contribution in [0.15, 0.2) is 4.99 Å². The third-order valence-corrected chi connectivity index (χ3v) is 2.08. The van der Waals surface area contributed by atoms with Crippen molar-refractivity contribution in [3.63, 3.8) is 0 Å². The molecule has 0 radical (unpaired) electrons. The number of halogens is 1. The van der Waals surface area contributed by atoms with Crippen molar-refractivity contribution >= 4 is 22.6 Å². The Morgan fingerprint density at radius 1 is 1.70 bits per heavy atom. The first-order valence-corrected chi connectivity index (χ1v) is 4.15. The van der Waals surface area contributed by atoms with E-state index >= 15 is 0 Å². The van der Waals surface area contributed by atoms with Gasteiger partial charge in [0.25, 0.3) is 0 Å². The lowest BCUT2D eigenvalue weighted by Crippen LogP contribution is -1.97. The molecular formula is C6H9FN2S. The van der Waals surface area contributed by atoms with Crippen LogP contribution in [-0.4, -0.2) is 23.3 Å². The number of thioether (sulfide) groups is 1. The Morgan fingerprint density at radius 3 is 3.00 bits per heavy atom. The molecule has 0 saturated heterocycles. The van der Waals surface area contributed by atoms with Crippen molar-refractivity contribution in [3.8, 4) is 0 Å². The Morgan fingerprint density at radius 2 is 2.50 bits per heavy atom. The molecule has 0 aromatic carbocycles. The summed E-state index contributed by atoms with van der Waals surface area (Å²) in [5.41, 5.74) is 0.965.